The molecule has 0 amide bonds. The van der Waals surface area contributed by atoms with E-state index >= 15 is 0 Å². The fraction of sp³-hybridized carbons (Fsp3) is 1.00. The Morgan fingerprint density at radius 1 is 1.15 bits per heavy atom. The van der Waals surface area contributed by atoms with Crippen molar-refractivity contribution in [3.63, 3.8) is 0 Å². The summed E-state index contributed by atoms with van der Waals surface area (Å²) in [5, 5.41) is 3.55. The maximum atomic E-state index is 3.55. The van der Waals surface area contributed by atoms with Crippen LogP contribution < -0.4 is 5.32 Å². The molecule has 1 rings (SSSR count). The van der Waals surface area contributed by atoms with Gasteiger partial charge in [-0.3, -0.25) is 0 Å². The van der Waals surface area contributed by atoms with E-state index in [9.17, 15) is 0 Å². The van der Waals surface area contributed by atoms with Crippen molar-refractivity contribution >= 4 is 0 Å². The zero-order valence-electron chi connectivity index (χ0n) is 9.53. The van der Waals surface area contributed by atoms with E-state index in [4.69, 9.17) is 0 Å². The second kappa shape index (κ2) is 4.99. The molecule has 0 saturated heterocycles. The molecule has 0 heterocycles. The molecule has 0 radical (unpaired) electrons. The largest absolute Gasteiger partial charge is 0.316 e. The fourth-order valence-electron chi connectivity index (χ4n) is 2.07. The van der Waals surface area contributed by atoms with Crippen molar-refractivity contribution in [2.45, 2.75) is 52.9 Å². The van der Waals surface area contributed by atoms with Gasteiger partial charge in [0, 0.05) is 0 Å². The van der Waals surface area contributed by atoms with Gasteiger partial charge >= 0.3 is 0 Å². The molecule has 78 valence electrons. The monoisotopic (exact) mass is 183 g/mol. The van der Waals surface area contributed by atoms with Crippen LogP contribution in [0.4, 0.5) is 0 Å². The Bertz CT molecular complexity index is 129. The van der Waals surface area contributed by atoms with E-state index < -0.39 is 0 Å². The van der Waals surface area contributed by atoms with Gasteiger partial charge in [-0.05, 0) is 30.8 Å². The molecule has 1 heteroatoms. The van der Waals surface area contributed by atoms with Crippen LogP contribution in [0.15, 0.2) is 0 Å². The van der Waals surface area contributed by atoms with Gasteiger partial charge in [0.1, 0.15) is 0 Å². The Morgan fingerprint density at radius 2 is 1.77 bits per heavy atom. The van der Waals surface area contributed by atoms with Crippen molar-refractivity contribution < 1.29 is 0 Å². The highest BCUT2D eigenvalue weighted by molar-refractivity contribution is 4.70. The lowest BCUT2D eigenvalue weighted by molar-refractivity contribution is 0.367. The van der Waals surface area contributed by atoms with Gasteiger partial charge in [0.05, 0.1) is 0 Å². The van der Waals surface area contributed by atoms with Crippen LogP contribution in [0.3, 0.4) is 0 Å². The molecule has 1 nitrogen and oxygen atoms in total. The van der Waals surface area contributed by atoms with E-state index in [1.54, 1.807) is 0 Å². The lowest BCUT2D eigenvalue weighted by Gasteiger charge is -2.19. The van der Waals surface area contributed by atoms with Gasteiger partial charge in [-0.25, -0.2) is 0 Å². The SMILES string of the molecule is CC(C)(C)CNCCC1CCCC1. The molecule has 0 aromatic heterocycles. The summed E-state index contributed by atoms with van der Waals surface area (Å²) in [6.45, 7) is 9.24. The average Bonchev–Trinajstić information content (AvgIpc) is 2.48. The van der Waals surface area contributed by atoms with Crippen LogP contribution >= 0.6 is 0 Å². The molecule has 0 aromatic carbocycles. The van der Waals surface area contributed by atoms with Gasteiger partial charge in [-0.15, -0.1) is 0 Å². The quantitative estimate of drug-likeness (QED) is 0.660. The molecular weight excluding hydrogens is 158 g/mol. The number of rotatable bonds is 4. The summed E-state index contributed by atoms with van der Waals surface area (Å²) in [7, 11) is 0. The van der Waals surface area contributed by atoms with Gasteiger partial charge in [0.25, 0.3) is 0 Å². The zero-order chi connectivity index (χ0) is 9.73. The first kappa shape index (κ1) is 11.0. The third-order valence-corrected chi connectivity index (χ3v) is 2.86. The fourth-order valence-corrected chi connectivity index (χ4v) is 2.07. The summed E-state index contributed by atoms with van der Waals surface area (Å²) in [5.41, 5.74) is 0.440. The summed E-state index contributed by atoms with van der Waals surface area (Å²) in [6, 6.07) is 0. The molecule has 0 aromatic rings. The first-order valence-electron chi connectivity index (χ1n) is 5.79. The second-order valence-corrected chi connectivity index (χ2v) is 5.68. The Hall–Kier alpha value is -0.0400. The molecule has 1 fully saturated rings. The van der Waals surface area contributed by atoms with Gasteiger partial charge in [0.15, 0.2) is 0 Å². The highest BCUT2D eigenvalue weighted by Crippen LogP contribution is 2.26. The summed E-state index contributed by atoms with van der Waals surface area (Å²) in [6.07, 6.45) is 7.32. The molecule has 1 saturated carbocycles. The molecular formula is C12H25N. The lowest BCUT2D eigenvalue weighted by Crippen LogP contribution is -2.28. The van der Waals surface area contributed by atoms with Crippen molar-refractivity contribution in [2.24, 2.45) is 11.3 Å². The molecule has 1 N–H and O–H groups in total. The summed E-state index contributed by atoms with van der Waals surface area (Å²) < 4.78 is 0. The van der Waals surface area contributed by atoms with E-state index in [2.05, 4.69) is 26.1 Å². The highest BCUT2D eigenvalue weighted by Gasteiger charge is 2.14. The molecule has 1 aliphatic carbocycles. The maximum absolute atomic E-state index is 3.55. The molecule has 1 aliphatic rings. The Kier molecular flexibility index (Phi) is 4.24. The van der Waals surface area contributed by atoms with Crippen LogP contribution in [-0.4, -0.2) is 13.1 Å². The van der Waals surface area contributed by atoms with Crippen molar-refractivity contribution in [3.8, 4) is 0 Å². The van der Waals surface area contributed by atoms with E-state index in [1.165, 1.54) is 38.6 Å². The second-order valence-electron chi connectivity index (χ2n) is 5.68. The Balaban J connectivity index is 1.94. The van der Waals surface area contributed by atoms with Gasteiger partial charge < -0.3 is 5.32 Å². The summed E-state index contributed by atoms with van der Waals surface area (Å²) in [4.78, 5) is 0. The topological polar surface area (TPSA) is 12.0 Å². The standard InChI is InChI=1S/C12H25N/c1-12(2,3)10-13-9-8-11-6-4-5-7-11/h11,13H,4-10H2,1-3H3. The third kappa shape index (κ3) is 5.30. The van der Waals surface area contributed by atoms with Crippen molar-refractivity contribution in [3.05, 3.63) is 0 Å². The van der Waals surface area contributed by atoms with E-state index in [0.29, 0.717) is 5.41 Å². The van der Waals surface area contributed by atoms with E-state index in [0.717, 1.165) is 12.5 Å². The minimum atomic E-state index is 0.440. The third-order valence-electron chi connectivity index (χ3n) is 2.86. The van der Waals surface area contributed by atoms with Crippen LogP contribution in [0.1, 0.15) is 52.9 Å². The number of hydrogen-bond donors (Lipinski definition) is 1. The van der Waals surface area contributed by atoms with Crippen LogP contribution in [0.2, 0.25) is 0 Å². The van der Waals surface area contributed by atoms with Crippen molar-refractivity contribution in [1.29, 1.82) is 0 Å². The van der Waals surface area contributed by atoms with Crippen LogP contribution in [0.5, 0.6) is 0 Å². The maximum Gasteiger partial charge on any atom is -0.0000124 e. The molecule has 0 aliphatic heterocycles. The molecule has 0 spiro atoms. The summed E-state index contributed by atoms with van der Waals surface area (Å²) >= 11 is 0. The van der Waals surface area contributed by atoms with Gasteiger partial charge in [0.2, 0.25) is 0 Å². The van der Waals surface area contributed by atoms with Crippen LogP contribution in [0.25, 0.3) is 0 Å². The predicted octanol–water partition coefficient (Wildman–Crippen LogP) is 3.20. The molecule has 0 unspecified atom stereocenters. The minimum Gasteiger partial charge on any atom is -0.316 e. The van der Waals surface area contributed by atoms with Crippen LogP contribution in [0, 0.1) is 11.3 Å². The van der Waals surface area contributed by atoms with E-state index in [-0.39, 0.29) is 0 Å². The number of nitrogens with one attached hydrogen (secondary N) is 1. The number of hydrogen-bond acceptors (Lipinski definition) is 1. The minimum absolute atomic E-state index is 0.440. The molecule has 0 bridgehead atoms. The normalized spacial score (nSPS) is 19.6. The lowest BCUT2D eigenvalue weighted by atomic mass is 9.96. The van der Waals surface area contributed by atoms with E-state index in [1.807, 2.05) is 0 Å². The van der Waals surface area contributed by atoms with Crippen molar-refractivity contribution in [1.82, 2.24) is 5.32 Å². The van der Waals surface area contributed by atoms with Crippen molar-refractivity contribution in [2.75, 3.05) is 13.1 Å². The van der Waals surface area contributed by atoms with Crippen LogP contribution in [-0.2, 0) is 0 Å². The average molecular weight is 183 g/mol. The smallest absolute Gasteiger partial charge is 0.0000124 e. The molecule has 13 heavy (non-hydrogen) atoms. The van der Waals surface area contributed by atoms with Gasteiger partial charge in [-0.2, -0.15) is 0 Å². The molecule has 0 atom stereocenters. The predicted molar refractivity (Wildman–Crippen MR) is 58.9 cm³/mol. The summed E-state index contributed by atoms with van der Waals surface area (Å²) in [5.74, 6) is 1.03. The van der Waals surface area contributed by atoms with Gasteiger partial charge in [-0.1, -0.05) is 46.5 Å². The highest BCUT2D eigenvalue weighted by atomic mass is 14.9. The first-order valence-corrected chi connectivity index (χ1v) is 5.79. The zero-order valence-corrected chi connectivity index (χ0v) is 9.53. The Labute approximate surface area is 83.3 Å². The Morgan fingerprint density at radius 3 is 2.31 bits per heavy atom. The first-order chi connectivity index (χ1) is 6.08.